The summed E-state index contributed by atoms with van der Waals surface area (Å²) in [6.45, 7) is 1.97. The van der Waals surface area contributed by atoms with E-state index in [1.165, 1.54) is 6.33 Å². The minimum absolute atomic E-state index is 0.120. The average molecular weight is 324 g/mol. The first-order chi connectivity index (χ1) is 11.8. The van der Waals surface area contributed by atoms with Gasteiger partial charge in [0.2, 0.25) is 5.88 Å². The van der Waals surface area contributed by atoms with Crippen LogP contribution < -0.4 is 9.47 Å². The van der Waals surface area contributed by atoms with Crippen molar-refractivity contribution in [2.24, 2.45) is 0 Å². The zero-order valence-electron chi connectivity index (χ0n) is 13.1. The van der Waals surface area contributed by atoms with Crippen molar-refractivity contribution in [1.29, 1.82) is 0 Å². The molecule has 2 aromatic carbocycles. The third-order valence-electron chi connectivity index (χ3n) is 3.21. The number of nitrogens with zero attached hydrogens (tertiary/aromatic N) is 2. The summed E-state index contributed by atoms with van der Waals surface area (Å²) >= 11 is 0. The maximum Gasteiger partial charge on any atom is 0.344 e. The zero-order chi connectivity index (χ0) is 16.8. The van der Waals surface area contributed by atoms with Crippen LogP contribution in [0.25, 0.3) is 10.9 Å². The number of carbonyl (C=O) groups is 1. The summed E-state index contributed by atoms with van der Waals surface area (Å²) < 4.78 is 16.0. The number of para-hydroxylation sites is 1. The number of fused-ring (bicyclic) bond motifs is 1. The molecular formula is C18H16N2O4. The van der Waals surface area contributed by atoms with Crippen molar-refractivity contribution in [2.75, 3.05) is 13.2 Å². The first kappa shape index (κ1) is 15.7. The number of rotatable bonds is 6. The molecule has 0 aliphatic rings. The van der Waals surface area contributed by atoms with Crippen LogP contribution in [0.2, 0.25) is 0 Å². The van der Waals surface area contributed by atoms with E-state index in [1.807, 2.05) is 24.3 Å². The Hall–Kier alpha value is -3.15. The van der Waals surface area contributed by atoms with Crippen LogP contribution in [0.5, 0.6) is 17.4 Å². The van der Waals surface area contributed by atoms with Gasteiger partial charge in [-0.1, -0.05) is 12.1 Å². The predicted molar refractivity (Wildman–Crippen MR) is 88.2 cm³/mol. The second kappa shape index (κ2) is 7.41. The molecule has 24 heavy (non-hydrogen) atoms. The Labute approximate surface area is 139 Å². The van der Waals surface area contributed by atoms with Gasteiger partial charge in [0.25, 0.3) is 0 Å². The van der Waals surface area contributed by atoms with Crippen molar-refractivity contribution in [1.82, 2.24) is 9.97 Å². The Bertz CT molecular complexity index is 829. The average Bonchev–Trinajstić information content (AvgIpc) is 2.62. The minimum Gasteiger partial charge on any atom is -0.482 e. The van der Waals surface area contributed by atoms with Crippen LogP contribution in [0.4, 0.5) is 0 Å². The number of ether oxygens (including phenoxy) is 3. The van der Waals surface area contributed by atoms with Crippen LogP contribution in [0.3, 0.4) is 0 Å². The van der Waals surface area contributed by atoms with E-state index in [0.29, 0.717) is 24.0 Å². The molecule has 0 fully saturated rings. The number of aromatic nitrogens is 2. The molecule has 0 aliphatic carbocycles. The van der Waals surface area contributed by atoms with Crippen LogP contribution >= 0.6 is 0 Å². The summed E-state index contributed by atoms with van der Waals surface area (Å²) in [5.74, 6) is 1.26. The molecule has 0 atom stereocenters. The Morgan fingerprint density at radius 1 is 1.00 bits per heavy atom. The lowest BCUT2D eigenvalue weighted by molar-refractivity contribution is -0.145. The lowest BCUT2D eigenvalue weighted by atomic mass is 10.2. The Morgan fingerprint density at radius 3 is 2.54 bits per heavy atom. The molecule has 0 radical (unpaired) electrons. The number of hydrogen-bond donors (Lipinski definition) is 0. The standard InChI is InChI=1S/C18H16N2O4/c1-2-22-17(21)11-23-13-7-9-14(10-8-13)24-18-15-5-3-4-6-16(15)19-12-20-18/h3-10,12H,2,11H2,1H3. The van der Waals surface area contributed by atoms with E-state index in [-0.39, 0.29) is 6.61 Å². The quantitative estimate of drug-likeness (QED) is 0.648. The molecule has 0 bridgehead atoms. The van der Waals surface area contributed by atoms with Crippen molar-refractivity contribution in [3.05, 3.63) is 54.9 Å². The normalized spacial score (nSPS) is 10.4. The van der Waals surface area contributed by atoms with Crippen molar-refractivity contribution in [3.63, 3.8) is 0 Å². The second-order valence-corrected chi connectivity index (χ2v) is 4.86. The highest BCUT2D eigenvalue weighted by Gasteiger charge is 2.07. The topological polar surface area (TPSA) is 70.5 Å². The van der Waals surface area contributed by atoms with Crippen LogP contribution in [0.15, 0.2) is 54.9 Å². The highest BCUT2D eigenvalue weighted by atomic mass is 16.6. The Kier molecular flexibility index (Phi) is 4.86. The van der Waals surface area contributed by atoms with Crippen molar-refractivity contribution < 1.29 is 19.0 Å². The van der Waals surface area contributed by atoms with Crippen molar-refractivity contribution in [3.8, 4) is 17.4 Å². The fraction of sp³-hybridized carbons (Fsp3) is 0.167. The van der Waals surface area contributed by atoms with E-state index in [1.54, 1.807) is 31.2 Å². The summed E-state index contributed by atoms with van der Waals surface area (Å²) in [5.41, 5.74) is 0.817. The van der Waals surface area contributed by atoms with Crippen LogP contribution in [-0.4, -0.2) is 29.2 Å². The molecule has 0 aliphatic heterocycles. The highest BCUT2D eigenvalue weighted by molar-refractivity contribution is 5.83. The maximum atomic E-state index is 11.3. The molecule has 1 heterocycles. The predicted octanol–water partition coefficient (Wildman–Crippen LogP) is 3.36. The second-order valence-electron chi connectivity index (χ2n) is 4.86. The first-order valence-electron chi connectivity index (χ1n) is 7.52. The van der Waals surface area contributed by atoms with Gasteiger partial charge in [-0.3, -0.25) is 0 Å². The van der Waals surface area contributed by atoms with Crippen molar-refractivity contribution >= 4 is 16.9 Å². The molecule has 0 saturated carbocycles. The molecule has 6 heteroatoms. The molecule has 6 nitrogen and oxygen atoms in total. The number of carbonyl (C=O) groups excluding carboxylic acids is 1. The summed E-state index contributed by atoms with van der Waals surface area (Å²) in [7, 11) is 0. The van der Waals surface area contributed by atoms with E-state index < -0.39 is 5.97 Å². The van der Waals surface area contributed by atoms with Gasteiger partial charge >= 0.3 is 5.97 Å². The molecule has 0 saturated heterocycles. The van der Waals surface area contributed by atoms with Gasteiger partial charge in [-0.25, -0.2) is 14.8 Å². The summed E-state index contributed by atoms with van der Waals surface area (Å²) in [5, 5.41) is 0.836. The van der Waals surface area contributed by atoms with Gasteiger partial charge in [-0.15, -0.1) is 0 Å². The van der Waals surface area contributed by atoms with Gasteiger partial charge in [-0.05, 0) is 43.3 Å². The lowest BCUT2D eigenvalue weighted by Crippen LogP contribution is -2.14. The molecular weight excluding hydrogens is 308 g/mol. The van der Waals surface area contributed by atoms with E-state index in [0.717, 1.165) is 10.9 Å². The van der Waals surface area contributed by atoms with E-state index in [4.69, 9.17) is 14.2 Å². The third-order valence-corrected chi connectivity index (χ3v) is 3.21. The van der Waals surface area contributed by atoms with Gasteiger partial charge in [-0.2, -0.15) is 0 Å². The van der Waals surface area contributed by atoms with E-state index in [2.05, 4.69) is 9.97 Å². The molecule has 122 valence electrons. The van der Waals surface area contributed by atoms with Crippen molar-refractivity contribution in [2.45, 2.75) is 6.92 Å². The van der Waals surface area contributed by atoms with Gasteiger partial charge in [0.1, 0.15) is 17.8 Å². The van der Waals surface area contributed by atoms with Gasteiger partial charge in [0.05, 0.1) is 17.5 Å². The molecule has 0 N–H and O–H groups in total. The largest absolute Gasteiger partial charge is 0.482 e. The fourth-order valence-corrected chi connectivity index (χ4v) is 2.12. The van der Waals surface area contributed by atoms with Crippen LogP contribution in [0, 0.1) is 0 Å². The molecule has 0 unspecified atom stereocenters. The van der Waals surface area contributed by atoms with E-state index >= 15 is 0 Å². The monoisotopic (exact) mass is 324 g/mol. The molecule has 0 spiro atoms. The SMILES string of the molecule is CCOC(=O)COc1ccc(Oc2ncnc3ccccc23)cc1. The van der Waals surface area contributed by atoms with Gasteiger partial charge in [0, 0.05) is 0 Å². The fourth-order valence-electron chi connectivity index (χ4n) is 2.12. The lowest BCUT2D eigenvalue weighted by Gasteiger charge is -2.09. The summed E-state index contributed by atoms with van der Waals surface area (Å²) in [4.78, 5) is 19.6. The summed E-state index contributed by atoms with van der Waals surface area (Å²) in [6.07, 6.45) is 1.47. The van der Waals surface area contributed by atoms with Gasteiger partial charge < -0.3 is 14.2 Å². The zero-order valence-corrected chi connectivity index (χ0v) is 13.1. The molecule has 3 aromatic rings. The van der Waals surface area contributed by atoms with Gasteiger partial charge in [0.15, 0.2) is 6.61 Å². The molecule has 1 aromatic heterocycles. The summed E-state index contributed by atoms with van der Waals surface area (Å²) in [6, 6.07) is 14.6. The molecule has 0 amide bonds. The highest BCUT2D eigenvalue weighted by Crippen LogP contribution is 2.27. The van der Waals surface area contributed by atoms with Crippen LogP contribution in [-0.2, 0) is 9.53 Å². The number of benzene rings is 2. The number of hydrogen-bond acceptors (Lipinski definition) is 6. The Balaban J connectivity index is 1.68. The third kappa shape index (κ3) is 3.78. The van der Waals surface area contributed by atoms with E-state index in [9.17, 15) is 4.79 Å². The molecule has 3 rings (SSSR count). The maximum absolute atomic E-state index is 11.3. The van der Waals surface area contributed by atoms with Crippen LogP contribution in [0.1, 0.15) is 6.92 Å². The first-order valence-corrected chi connectivity index (χ1v) is 7.52. The Morgan fingerprint density at radius 2 is 1.75 bits per heavy atom. The smallest absolute Gasteiger partial charge is 0.344 e. The number of esters is 1. The minimum atomic E-state index is -0.398.